The van der Waals surface area contributed by atoms with Crippen molar-refractivity contribution in [2.75, 3.05) is 18.1 Å². The van der Waals surface area contributed by atoms with Crippen LogP contribution in [0.25, 0.3) is 0 Å². The lowest BCUT2D eigenvalue weighted by molar-refractivity contribution is -0.147. The highest BCUT2D eigenvalue weighted by Crippen LogP contribution is 2.25. The van der Waals surface area contributed by atoms with Crippen LogP contribution in [0.4, 0.5) is 0 Å². The van der Waals surface area contributed by atoms with Crippen molar-refractivity contribution in [3.63, 3.8) is 0 Å². The van der Waals surface area contributed by atoms with E-state index in [1.165, 1.54) is 0 Å². The SMILES string of the molecule is C=CCSCCNC(=O)[C@@H]1CC=CC[C@@H]1C(=O)O. The van der Waals surface area contributed by atoms with E-state index in [1.807, 2.05) is 18.2 Å². The first-order chi connectivity index (χ1) is 8.66. The highest BCUT2D eigenvalue weighted by molar-refractivity contribution is 7.99. The molecule has 0 aromatic rings. The highest BCUT2D eigenvalue weighted by Gasteiger charge is 2.33. The quantitative estimate of drug-likeness (QED) is 0.545. The van der Waals surface area contributed by atoms with Gasteiger partial charge in [-0.05, 0) is 12.8 Å². The van der Waals surface area contributed by atoms with Crippen LogP contribution in [-0.2, 0) is 9.59 Å². The van der Waals surface area contributed by atoms with Gasteiger partial charge >= 0.3 is 5.97 Å². The van der Waals surface area contributed by atoms with Crippen LogP contribution in [0.15, 0.2) is 24.8 Å². The number of hydrogen-bond acceptors (Lipinski definition) is 3. The average Bonchev–Trinajstić information content (AvgIpc) is 2.38. The molecule has 1 aliphatic carbocycles. The molecule has 0 radical (unpaired) electrons. The third-order valence-corrected chi connectivity index (χ3v) is 3.83. The van der Waals surface area contributed by atoms with Gasteiger partial charge in [0.05, 0.1) is 11.8 Å². The van der Waals surface area contributed by atoms with Crippen molar-refractivity contribution in [2.45, 2.75) is 12.8 Å². The summed E-state index contributed by atoms with van der Waals surface area (Å²) in [6.45, 7) is 4.19. The van der Waals surface area contributed by atoms with Crippen molar-refractivity contribution < 1.29 is 14.7 Å². The Kier molecular flexibility index (Phi) is 6.57. The predicted molar refractivity (Wildman–Crippen MR) is 73.5 cm³/mol. The number of aliphatic carboxylic acids is 1. The number of carbonyl (C=O) groups excluding carboxylic acids is 1. The van der Waals surface area contributed by atoms with Gasteiger partial charge in [-0.15, -0.1) is 6.58 Å². The summed E-state index contributed by atoms with van der Waals surface area (Å²) in [6.07, 6.45) is 6.50. The summed E-state index contributed by atoms with van der Waals surface area (Å²) in [5.74, 6) is -0.378. The maximum Gasteiger partial charge on any atom is 0.307 e. The standard InChI is InChI=1S/C13H19NO3S/c1-2-8-18-9-7-14-12(15)10-5-3-4-6-11(10)13(16)17/h2-4,10-11H,1,5-9H2,(H,14,15)(H,16,17)/t10-,11+/m1/s1. The molecule has 0 unspecified atom stereocenters. The van der Waals surface area contributed by atoms with Crippen LogP contribution in [0.1, 0.15) is 12.8 Å². The number of allylic oxidation sites excluding steroid dienone is 2. The molecule has 1 aliphatic rings. The number of carboxylic acid groups (broad SMARTS) is 1. The Labute approximate surface area is 112 Å². The fourth-order valence-corrected chi connectivity index (χ4v) is 2.50. The van der Waals surface area contributed by atoms with Gasteiger partial charge in [-0.25, -0.2) is 0 Å². The Hall–Kier alpha value is -1.23. The Morgan fingerprint density at radius 3 is 2.67 bits per heavy atom. The Morgan fingerprint density at radius 1 is 1.39 bits per heavy atom. The number of rotatable bonds is 7. The van der Waals surface area contributed by atoms with Gasteiger partial charge in [0.2, 0.25) is 5.91 Å². The summed E-state index contributed by atoms with van der Waals surface area (Å²) in [6, 6.07) is 0. The average molecular weight is 269 g/mol. The minimum absolute atomic E-state index is 0.147. The smallest absolute Gasteiger partial charge is 0.307 e. The van der Waals surface area contributed by atoms with E-state index in [4.69, 9.17) is 5.11 Å². The van der Waals surface area contributed by atoms with E-state index < -0.39 is 17.8 Å². The largest absolute Gasteiger partial charge is 0.481 e. The number of thioether (sulfide) groups is 1. The predicted octanol–water partition coefficient (Wildman–Crippen LogP) is 1.69. The fourth-order valence-electron chi connectivity index (χ4n) is 1.92. The number of hydrogen-bond donors (Lipinski definition) is 2. The van der Waals surface area contributed by atoms with Crippen molar-refractivity contribution in [3.8, 4) is 0 Å². The van der Waals surface area contributed by atoms with E-state index in [1.54, 1.807) is 11.8 Å². The molecule has 0 aliphatic heterocycles. The van der Waals surface area contributed by atoms with Gasteiger partial charge in [0.25, 0.3) is 0 Å². The van der Waals surface area contributed by atoms with Crippen molar-refractivity contribution in [2.24, 2.45) is 11.8 Å². The second-order valence-corrected chi connectivity index (χ2v) is 5.30. The minimum atomic E-state index is -0.888. The first kappa shape index (κ1) is 14.8. The molecule has 4 nitrogen and oxygen atoms in total. The Bertz CT molecular complexity index is 341. The Balaban J connectivity index is 2.37. The van der Waals surface area contributed by atoms with Gasteiger partial charge in [-0.3, -0.25) is 9.59 Å². The molecular weight excluding hydrogens is 250 g/mol. The number of nitrogens with one attached hydrogen (secondary N) is 1. The molecule has 0 spiro atoms. The van der Waals surface area contributed by atoms with Gasteiger partial charge in [-0.1, -0.05) is 18.2 Å². The molecular formula is C13H19NO3S. The molecule has 0 saturated carbocycles. The molecule has 0 bridgehead atoms. The number of carboxylic acids is 1. The summed E-state index contributed by atoms with van der Waals surface area (Å²) in [5, 5.41) is 11.9. The third-order valence-electron chi connectivity index (χ3n) is 2.87. The molecule has 2 N–H and O–H groups in total. The lowest BCUT2D eigenvalue weighted by Gasteiger charge is -2.24. The normalized spacial score (nSPS) is 22.4. The van der Waals surface area contributed by atoms with Crippen LogP contribution in [0, 0.1) is 11.8 Å². The second kappa shape index (κ2) is 7.97. The maximum absolute atomic E-state index is 11.9. The molecule has 1 rings (SSSR count). The van der Waals surface area contributed by atoms with Crippen LogP contribution in [0.3, 0.4) is 0 Å². The van der Waals surface area contributed by atoms with Gasteiger partial charge < -0.3 is 10.4 Å². The molecule has 18 heavy (non-hydrogen) atoms. The molecule has 5 heteroatoms. The maximum atomic E-state index is 11.9. The molecule has 1 amide bonds. The van der Waals surface area contributed by atoms with Crippen LogP contribution in [0.2, 0.25) is 0 Å². The van der Waals surface area contributed by atoms with E-state index in [9.17, 15) is 9.59 Å². The van der Waals surface area contributed by atoms with Gasteiger partial charge in [0.15, 0.2) is 0 Å². The van der Waals surface area contributed by atoms with E-state index in [0.717, 1.165) is 11.5 Å². The topological polar surface area (TPSA) is 66.4 Å². The van der Waals surface area contributed by atoms with Crippen LogP contribution < -0.4 is 5.32 Å². The summed E-state index contributed by atoms with van der Waals surface area (Å²) in [4.78, 5) is 23.0. The van der Waals surface area contributed by atoms with E-state index in [0.29, 0.717) is 19.4 Å². The zero-order valence-electron chi connectivity index (χ0n) is 10.3. The molecule has 2 atom stereocenters. The lowest BCUT2D eigenvalue weighted by Crippen LogP contribution is -2.39. The van der Waals surface area contributed by atoms with Crippen molar-refractivity contribution in [1.29, 1.82) is 0 Å². The number of carbonyl (C=O) groups is 2. The van der Waals surface area contributed by atoms with Gasteiger partial charge in [0.1, 0.15) is 0 Å². The monoisotopic (exact) mass is 269 g/mol. The zero-order chi connectivity index (χ0) is 13.4. The minimum Gasteiger partial charge on any atom is -0.481 e. The summed E-state index contributed by atoms with van der Waals surface area (Å²) < 4.78 is 0. The van der Waals surface area contributed by atoms with Gasteiger partial charge in [0, 0.05) is 18.1 Å². The van der Waals surface area contributed by atoms with Crippen LogP contribution in [0.5, 0.6) is 0 Å². The van der Waals surface area contributed by atoms with Crippen LogP contribution in [-0.4, -0.2) is 35.0 Å². The van der Waals surface area contributed by atoms with E-state index in [-0.39, 0.29) is 5.91 Å². The zero-order valence-corrected chi connectivity index (χ0v) is 11.1. The molecule has 0 aromatic heterocycles. The fraction of sp³-hybridized carbons (Fsp3) is 0.538. The molecule has 0 heterocycles. The van der Waals surface area contributed by atoms with Gasteiger partial charge in [-0.2, -0.15) is 11.8 Å². The lowest BCUT2D eigenvalue weighted by atomic mass is 9.82. The molecule has 0 fully saturated rings. The highest BCUT2D eigenvalue weighted by atomic mass is 32.2. The first-order valence-electron chi connectivity index (χ1n) is 6.01. The summed E-state index contributed by atoms with van der Waals surface area (Å²) in [7, 11) is 0. The van der Waals surface area contributed by atoms with Crippen molar-refractivity contribution in [1.82, 2.24) is 5.32 Å². The van der Waals surface area contributed by atoms with Crippen molar-refractivity contribution in [3.05, 3.63) is 24.8 Å². The van der Waals surface area contributed by atoms with Crippen molar-refractivity contribution >= 4 is 23.6 Å². The summed E-state index contributed by atoms with van der Waals surface area (Å²) in [5.41, 5.74) is 0. The molecule has 100 valence electrons. The summed E-state index contributed by atoms with van der Waals surface area (Å²) >= 11 is 1.69. The molecule has 0 saturated heterocycles. The van der Waals surface area contributed by atoms with E-state index >= 15 is 0 Å². The molecule has 0 aromatic carbocycles. The second-order valence-electron chi connectivity index (χ2n) is 4.15. The number of amides is 1. The first-order valence-corrected chi connectivity index (χ1v) is 7.16. The van der Waals surface area contributed by atoms with E-state index in [2.05, 4.69) is 11.9 Å². The van der Waals surface area contributed by atoms with Crippen LogP contribution >= 0.6 is 11.8 Å². The third kappa shape index (κ3) is 4.56. The Morgan fingerprint density at radius 2 is 2.06 bits per heavy atom.